The normalized spacial score (nSPS) is 19.4. The Bertz CT molecular complexity index is 628. The van der Waals surface area contributed by atoms with E-state index in [-0.39, 0.29) is 25.1 Å². The lowest BCUT2D eigenvalue weighted by molar-refractivity contribution is -0.149. The summed E-state index contributed by atoms with van der Waals surface area (Å²) in [5.41, 5.74) is 5.45. The third kappa shape index (κ3) is 6.68. The van der Waals surface area contributed by atoms with Crippen LogP contribution in [0.2, 0.25) is 0 Å². The van der Waals surface area contributed by atoms with Crippen LogP contribution in [0.3, 0.4) is 0 Å². The molecule has 1 aliphatic rings. The molecule has 1 rings (SSSR count). The minimum atomic E-state index is -1.21. The van der Waals surface area contributed by atoms with E-state index in [1.54, 1.807) is 0 Å². The molecule has 11 nitrogen and oxygen atoms in total. The molecule has 1 fully saturated rings. The van der Waals surface area contributed by atoms with Gasteiger partial charge in [0.15, 0.2) is 0 Å². The SMILES string of the molecule is CC(N)C(=O)NC(CCC(=O)O)C(=O)NC(CS)C(=O)N1CCCC1C(=O)O. The van der Waals surface area contributed by atoms with Crippen molar-refractivity contribution in [2.75, 3.05) is 12.3 Å². The molecule has 1 aliphatic heterocycles. The van der Waals surface area contributed by atoms with Crippen molar-refractivity contribution in [1.29, 1.82) is 0 Å². The van der Waals surface area contributed by atoms with Crippen molar-refractivity contribution in [3.05, 3.63) is 0 Å². The summed E-state index contributed by atoms with van der Waals surface area (Å²) in [6, 6.07) is -4.20. The first kappa shape index (κ1) is 23.7. The number of hydrogen-bond acceptors (Lipinski definition) is 7. The monoisotopic (exact) mass is 418 g/mol. The summed E-state index contributed by atoms with van der Waals surface area (Å²) in [4.78, 5) is 60.2. The second-order valence-corrected chi connectivity index (χ2v) is 6.92. The van der Waals surface area contributed by atoms with Crippen LogP contribution in [0, 0.1) is 0 Å². The molecule has 0 radical (unpaired) electrons. The molecule has 0 aromatic heterocycles. The number of rotatable bonds is 10. The highest BCUT2D eigenvalue weighted by Crippen LogP contribution is 2.19. The van der Waals surface area contributed by atoms with E-state index in [2.05, 4.69) is 23.3 Å². The lowest BCUT2D eigenvalue weighted by Crippen LogP contribution is -2.57. The molecular weight excluding hydrogens is 392 g/mol. The van der Waals surface area contributed by atoms with Gasteiger partial charge in [0.1, 0.15) is 18.1 Å². The Hall–Kier alpha value is -2.34. The summed E-state index contributed by atoms with van der Waals surface area (Å²) in [6.07, 6.45) is 0.264. The van der Waals surface area contributed by atoms with Crippen LogP contribution in [0.5, 0.6) is 0 Å². The van der Waals surface area contributed by atoms with Gasteiger partial charge in [-0.2, -0.15) is 12.6 Å². The number of nitrogens with two attached hydrogens (primary N) is 1. The molecule has 0 aromatic rings. The predicted molar refractivity (Wildman–Crippen MR) is 101 cm³/mol. The van der Waals surface area contributed by atoms with Gasteiger partial charge >= 0.3 is 11.9 Å². The van der Waals surface area contributed by atoms with Gasteiger partial charge in [0.25, 0.3) is 0 Å². The Kier molecular flexibility index (Phi) is 9.19. The molecule has 3 amide bonds. The number of nitrogens with zero attached hydrogens (tertiary/aromatic N) is 1. The first-order valence-corrected chi connectivity index (χ1v) is 9.44. The number of carboxylic acid groups (broad SMARTS) is 2. The Morgan fingerprint density at radius 2 is 1.75 bits per heavy atom. The first-order valence-electron chi connectivity index (χ1n) is 8.80. The van der Waals surface area contributed by atoms with Crippen LogP contribution in [-0.2, 0) is 24.0 Å². The minimum absolute atomic E-state index is 0.0969. The maximum atomic E-state index is 12.6. The molecule has 158 valence electrons. The number of carboxylic acids is 2. The number of amides is 3. The Morgan fingerprint density at radius 3 is 2.25 bits per heavy atom. The molecule has 0 spiro atoms. The van der Waals surface area contributed by atoms with Crippen molar-refractivity contribution in [3.63, 3.8) is 0 Å². The molecule has 0 aliphatic carbocycles. The largest absolute Gasteiger partial charge is 0.481 e. The van der Waals surface area contributed by atoms with Crippen molar-refractivity contribution in [3.8, 4) is 0 Å². The zero-order chi connectivity index (χ0) is 21.4. The molecule has 0 aromatic carbocycles. The summed E-state index contributed by atoms with van der Waals surface area (Å²) in [7, 11) is 0. The van der Waals surface area contributed by atoms with Crippen molar-refractivity contribution >= 4 is 42.3 Å². The minimum Gasteiger partial charge on any atom is -0.481 e. The Morgan fingerprint density at radius 1 is 1.14 bits per heavy atom. The number of thiol groups is 1. The molecule has 12 heteroatoms. The highest BCUT2D eigenvalue weighted by Gasteiger charge is 2.38. The summed E-state index contributed by atoms with van der Waals surface area (Å²) in [5.74, 6) is -4.39. The van der Waals surface area contributed by atoms with Crippen LogP contribution in [0.25, 0.3) is 0 Å². The molecule has 28 heavy (non-hydrogen) atoms. The smallest absolute Gasteiger partial charge is 0.326 e. The zero-order valence-electron chi connectivity index (χ0n) is 15.5. The summed E-state index contributed by atoms with van der Waals surface area (Å²) in [5, 5.41) is 22.8. The van der Waals surface area contributed by atoms with Crippen molar-refractivity contribution in [2.45, 2.75) is 56.8 Å². The fraction of sp³-hybridized carbons (Fsp3) is 0.688. The fourth-order valence-electron chi connectivity index (χ4n) is 2.78. The Balaban J connectivity index is 2.86. The van der Waals surface area contributed by atoms with Crippen LogP contribution < -0.4 is 16.4 Å². The first-order chi connectivity index (χ1) is 13.1. The topological polar surface area (TPSA) is 179 Å². The molecule has 1 heterocycles. The van der Waals surface area contributed by atoms with Gasteiger partial charge in [-0.25, -0.2) is 4.79 Å². The van der Waals surface area contributed by atoms with Crippen LogP contribution in [0.1, 0.15) is 32.6 Å². The summed E-state index contributed by atoms with van der Waals surface area (Å²) < 4.78 is 0. The number of carbonyl (C=O) groups is 5. The standard InChI is InChI=1S/C16H26N4O7S/c1-8(17)13(23)18-9(4-5-12(21)22)14(24)19-10(7-28)15(25)20-6-2-3-11(20)16(26)27/h8-11,28H,2-7,17H2,1H3,(H,18,23)(H,19,24)(H,21,22)(H,26,27). The van der Waals surface area contributed by atoms with Gasteiger partial charge < -0.3 is 31.5 Å². The maximum absolute atomic E-state index is 12.6. The fourth-order valence-corrected chi connectivity index (χ4v) is 3.03. The van der Waals surface area contributed by atoms with Crippen molar-refractivity contribution in [1.82, 2.24) is 15.5 Å². The summed E-state index contributed by atoms with van der Waals surface area (Å²) >= 11 is 4.05. The van der Waals surface area contributed by atoms with E-state index in [0.29, 0.717) is 12.8 Å². The maximum Gasteiger partial charge on any atom is 0.326 e. The van der Waals surface area contributed by atoms with E-state index >= 15 is 0 Å². The predicted octanol–water partition coefficient (Wildman–Crippen LogP) is -1.83. The average Bonchev–Trinajstić information content (AvgIpc) is 3.11. The van der Waals surface area contributed by atoms with E-state index < -0.39 is 53.8 Å². The van der Waals surface area contributed by atoms with Gasteiger partial charge in [-0.15, -0.1) is 0 Å². The van der Waals surface area contributed by atoms with Gasteiger partial charge in [0.2, 0.25) is 17.7 Å². The second-order valence-electron chi connectivity index (χ2n) is 6.55. The van der Waals surface area contributed by atoms with Gasteiger partial charge in [-0.05, 0) is 26.2 Å². The van der Waals surface area contributed by atoms with Crippen LogP contribution >= 0.6 is 12.6 Å². The number of aliphatic carboxylic acids is 2. The lowest BCUT2D eigenvalue weighted by Gasteiger charge is -2.28. The van der Waals surface area contributed by atoms with E-state index in [0.717, 1.165) is 0 Å². The molecule has 0 saturated carbocycles. The zero-order valence-corrected chi connectivity index (χ0v) is 16.4. The van der Waals surface area contributed by atoms with Crippen LogP contribution in [0.15, 0.2) is 0 Å². The Labute approximate surface area is 167 Å². The molecule has 6 N–H and O–H groups in total. The third-order valence-electron chi connectivity index (χ3n) is 4.31. The van der Waals surface area contributed by atoms with Gasteiger partial charge in [0, 0.05) is 18.7 Å². The van der Waals surface area contributed by atoms with Gasteiger partial charge in [-0.1, -0.05) is 0 Å². The molecule has 1 saturated heterocycles. The average molecular weight is 418 g/mol. The highest BCUT2D eigenvalue weighted by atomic mass is 32.1. The second kappa shape index (κ2) is 10.9. The molecule has 4 unspecified atom stereocenters. The van der Waals surface area contributed by atoms with Crippen molar-refractivity contribution < 1.29 is 34.2 Å². The van der Waals surface area contributed by atoms with Gasteiger partial charge in [0.05, 0.1) is 6.04 Å². The number of carbonyl (C=O) groups excluding carboxylic acids is 3. The number of nitrogens with one attached hydrogen (secondary N) is 2. The van der Waals surface area contributed by atoms with E-state index in [9.17, 15) is 29.1 Å². The van der Waals surface area contributed by atoms with Crippen LogP contribution in [-0.4, -0.2) is 81.2 Å². The molecular formula is C16H26N4O7S. The molecule has 0 bridgehead atoms. The summed E-state index contributed by atoms with van der Waals surface area (Å²) in [6.45, 7) is 1.65. The van der Waals surface area contributed by atoms with Crippen LogP contribution in [0.4, 0.5) is 0 Å². The third-order valence-corrected chi connectivity index (χ3v) is 4.68. The van der Waals surface area contributed by atoms with E-state index in [4.69, 9.17) is 10.8 Å². The number of hydrogen-bond donors (Lipinski definition) is 6. The highest BCUT2D eigenvalue weighted by molar-refractivity contribution is 7.80. The van der Waals surface area contributed by atoms with E-state index in [1.165, 1.54) is 11.8 Å². The lowest BCUT2D eigenvalue weighted by atomic mass is 10.1. The quantitative estimate of drug-likeness (QED) is 0.224. The number of likely N-dealkylation sites (tertiary alicyclic amines) is 1. The van der Waals surface area contributed by atoms with Gasteiger partial charge in [-0.3, -0.25) is 19.2 Å². The van der Waals surface area contributed by atoms with Crippen molar-refractivity contribution in [2.24, 2.45) is 5.73 Å². The molecule has 4 atom stereocenters. The van der Waals surface area contributed by atoms with E-state index in [1.807, 2.05) is 0 Å².